The van der Waals surface area contributed by atoms with Crippen molar-refractivity contribution in [2.45, 2.75) is 39.3 Å². The van der Waals surface area contributed by atoms with Crippen LogP contribution in [0.3, 0.4) is 0 Å². The first-order valence-corrected chi connectivity index (χ1v) is 7.22. The molecule has 1 aromatic rings. The second kappa shape index (κ2) is 6.84. The van der Waals surface area contributed by atoms with Crippen LogP contribution in [0.25, 0.3) is 0 Å². The number of esters is 1. The Morgan fingerprint density at radius 2 is 1.90 bits per heavy atom. The fraction of sp³-hybridized carbons (Fsp3) is 0.562. The first-order chi connectivity index (χ1) is 9.54. The molecule has 0 unspecified atom stereocenters. The molecule has 0 saturated carbocycles. The van der Waals surface area contributed by atoms with Gasteiger partial charge < -0.3 is 4.74 Å². The van der Waals surface area contributed by atoms with Crippen molar-refractivity contribution in [1.29, 1.82) is 0 Å². The number of rotatable bonds is 4. The molecule has 0 spiro atoms. The number of hydrogen-bond donors (Lipinski definition) is 0. The van der Waals surface area contributed by atoms with Gasteiger partial charge in [0.1, 0.15) is 5.82 Å². The van der Waals surface area contributed by atoms with Gasteiger partial charge in [-0.1, -0.05) is 12.1 Å². The molecule has 0 radical (unpaired) electrons. The molecule has 1 heterocycles. The molecule has 1 saturated heterocycles. The van der Waals surface area contributed by atoms with Crippen LogP contribution in [0, 0.1) is 11.7 Å². The summed E-state index contributed by atoms with van der Waals surface area (Å²) in [5.74, 6) is -0.243. The van der Waals surface area contributed by atoms with Gasteiger partial charge in [-0.15, -0.1) is 0 Å². The Morgan fingerprint density at radius 3 is 2.45 bits per heavy atom. The van der Waals surface area contributed by atoms with Gasteiger partial charge in [-0.2, -0.15) is 0 Å². The van der Waals surface area contributed by atoms with Crippen molar-refractivity contribution in [2.24, 2.45) is 5.92 Å². The van der Waals surface area contributed by atoms with Gasteiger partial charge in [-0.25, -0.2) is 4.39 Å². The van der Waals surface area contributed by atoms with Crippen LogP contribution >= 0.6 is 0 Å². The van der Waals surface area contributed by atoms with Gasteiger partial charge >= 0.3 is 5.97 Å². The lowest BCUT2D eigenvalue weighted by atomic mass is 9.96. The van der Waals surface area contributed by atoms with Crippen LogP contribution in [0.2, 0.25) is 0 Å². The molecule has 0 N–H and O–H groups in total. The minimum absolute atomic E-state index is 0.0295. The van der Waals surface area contributed by atoms with Gasteiger partial charge in [0.2, 0.25) is 0 Å². The molecule has 1 aromatic carbocycles. The number of piperidine rings is 1. The number of carbonyl (C=O) groups is 1. The maximum atomic E-state index is 12.8. The number of likely N-dealkylation sites (tertiary alicyclic amines) is 1. The lowest BCUT2D eigenvalue weighted by Gasteiger charge is -2.31. The van der Waals surface area contributed by atoms with Crippen molar-refractivity contribution in [3.63, 3.8) is 0 Å². The van der Waals surface area contributed by atoms with Crippen LogP contribution in [0.15, 0.2) is 24.3 Å². The summed E-state index contributed by atoms with van der Waals surface area (Å²) in [4.78, 5) is 14.1. The molecule has 20 heavy (non-hydrogen) atoms. The molecule has 0 atom stereocenters. The first-order valence-electron chi connectivity index (χ1n) is 7.22. The number of ether oxygens (including phenoxy) is 1. The van der Waals surface area contributed by atoms with Crippen LogP contribution in [0.5, 0.6) is 0 Å². The zero-order valence-electron chi connectivity index (χ0n) is 12.1. The van der Waals surface area contributed by atoms with Crippen molar-refractivity contribution in [3.8, 4) is 0 Å². The summed E-state index contributed by atoms with van der Waals surface area (Å²) in [6, 6.07) is 6.60. The average Bonchev–Trinajstić information content (AvgIpc) is 2.41. The molecule has 0 amide bonds. The third kappa shape index (κ3) is 4.30. The average molecular weight is 279 g/mol. The molecule has 1 aliphatic heterocycles. The Bertz CT molecular complexity index is 436. The monoisotopic (exact) mass is 279 g/mol. The van der Waals surface area contributed by atoms with Gasteiger partial charge in [-0.05, 0) is 57.5 Å². The Morgan fingerprint density at radius 1 is 1.30 bits per heavy atom. The smallest absolute Gasteiger partial charge is 0.309 e. The zero-order valence-corrected chi connectivity index (χ0v) is 12.1. The van der Waals surface area contributed by atoms with E-state index in [2.05, 4.69) is 4.90 Å². The maximum Gasteiger partial charge on any atom is 0.309 e. The van der Waals surface area contributed by atoms with E-state index in [0.29, 0.717) is 0 Å². The van der Waals surface area contributed by atoms with Crippen LogP contribution in [0.4, 0.5) is 4.39 Å². The van der Waals surface area contributed by atoms with E-state index in [9.17, 15) is 9.18 Å². The van der Waals surface area contributed by atoms with E-state index in [1.54, 1.807) is 0 Å². The van der Waals surface area contributed by atoms with E-state index in [4.69, 9.17) is 4.74 Å². The Labute approximate surface area is 119 Å². The third-order valence-corrected chi connectivity index (χ3v) is 3.59. The molecule has 4 heteroatoms. The molecule has 0 bridgehead atoms. The summed E-state index contributed by atoms with van der Waals surface area (Å²) < 4.78 is 18.1. The lowest BCUT2D eigenvalue weighted by Crippen LogP contribution is -2.37. The van der Waals surface area contributed by atoms with E-state index in [1.807, 2.05) is 26.0 Å². The second-order valence-electron chi connectivity index (χ2n) is 5.66. The fourth-order valence-corrected chi connectivity index (χ4v) is 2.50. The minimum atomic E-state index is -0.205. The molecule has 3 nitrogen and oxygen atoms in total. The standard InChI is InChI=1S/C16H22FNO2/c1-12(2)20-16(19)14-7-9-18(10-8-14)11-13-3-5-15(17)6-4-13/h3-6,12,14H,7-11H2,1-2H3. The van der Waals surface area contributed by atoms with Gasteiger partial charge in [0.15, 0.2) is 0 Å². The summed E-state index contributed by atoms with van der Waals surface area (Å²) in [6.45, 7) is 6.33. The summed E-state index contributed by atoms with van der Waals surface area (Å²) >= 11 is 0. The molecular formula is C16H22FNO2. The van der Waals surface area contributed by atoms with Crippen LogP contribution in [0.1, 0.15) is 32.3 Å². The predicted molar refractivity (Wildman–Crippen MR) is 75.6 cm³/mol. The predicted octanol–water partition coefficient (Wildman–Crippen LogP) is 2.99. The molecule has 2 rings (SSSR count). The van der Waals surface area contributed by atoms with Crippen LogP contribution in [-0.4, -0.2) is 30.1 Å². The topological polar surface area (TPSA) is 29.5 Å². The van der Waals surface area contributed by atoms with E-state index in [0.717, 1.165) is 38.0 Å². The Kier molecular flexibility index (Phi) is 5.12. The van der Waals surface area contributed by atoms with Gasteiger partial charge in [0.05, 0.1) is 12.0 Å². The Balaban J connectivity index is 1.79. The normalized spacial score (nSPS) is 17.4. The van der Waals surface area contributed by atoms with Crippen molar-refractivity contribution in [3.05, 3.63) is 35.6 Å². The van der Waals surface area contributed by atoms with Crippen molar-refractivity contribution in [2.75, 3.05) is 13.1 Å². The highest BCUT2D eigenvalue weighted by atomic mass is 19.1. The highest BCUT2D eigenvalue weighted by Crippen LogP contribution is 2.20. The third-order valence-electron chi connectivity index (χ3n) is 3.59. The van der Waals surface area contributed by atoms with Crippen molar-refractivity contribution in [1.82, 2.24) is 4.90 Å². The number of benzene rings is 1. The lowest BCUT2D eigenvalue weighted by molar-refractivity contribution is -0.154. The van der Waals surface area contributed by atoms with Crippen molar-refractivity contribution < 1.29 is 13.9 Å². The summed E-state index contributed by atoms with van der Waals surface area (Å²) in [6.07, 6.45) is 1.64. The molecule has 1 fully saturated rings. The fourth-order valence-electron chi connectivity index (χ4n) is 2.50. The van der Waals surface area contributed by atoms with E-state index < -0.39 is 0 Å². The molecule has 0 aromatic heterocycles. The number of nitrogens with zero attached hydrogens (tertiary/aromatic N) is 1. The van der Waals surface area contributed by atoms with Crippen molar-refractivity contribution >= 4 is 5.97 Å². The highest BCUT2D eigenvalue weighted by Gasteiger charge is 2.26. The minimum Gasteiger partial charge on any atom is -0.463 e. The SMILES string of the molecule is CC(C)OC(=O)C1CCN(Cc2ccc(F)cc2)CC1. The maximum absolute atomic E-state index is 12.8. The molecule has 110 valence electrons. The van der Waals surface area contributed by atoms with Gasteiger partial charge in [-0.3, -0.25) is 9.69 Å². The highest BCUT2D eigenvalue weighted by molar-refractivity contribution is 5.72. The summed E-state index contributed by atoms with van der Waals surface area (Å²) in [5, 5.41) is 0. The van der Waals surface area contributed by atoms with E-state index in [1.165, 1.54) is 12.1 Å². The Hall–Kier alpha value is -1.42. The molecule has 1 aliphatic rings. The first kappa shape index (κ1) is 15.0. The molecule has 0 aliphatic carbocycles. The zero-order chi connectivity index (χ0) is 14.5. The van der Waals surface area contributed by atoms with Gasteiger partial charge in [0.25, 0.3) is 0 Å². The number of hydrogen-bond acceptors (Lipinski definition) is 3. The number of carbonyl (C=O) groups excluding carboxylic acids is 1. The van der Waals surface area contributed by atoms with E-state index >= 15 is 0 Å². The summed E-state index contributed by atoms with van der Waals surface area (Å²) in [5.41, 5.74) is 1.11. The van der Waals surface area contributed by atoms with Crippen LogP contribution < -0.4 is 0 Å². The second-order valence-corrected chi connectivity index (χ2v) is 5.66. The van der Waals surface area contributed by atoms with E-state index in [-0.39, 0.29) is 23.8 Å². The quantitative estimate of drug-likeness (QED) is 0.794. The largest absolute Gasteiger partial charge is 0.463 e. The molecular weight excluding hydrogens is 257 g/mol. The summed E-state index contributed by atoms with van der Waals surface area (Å²) in [7, 11) is 0. The van der Waals surface area contributed by atoms with Gasteiger partial charge in [0, 0.05) is 6.54 Å². The van der Waals surface area contributed by atoms with Crippen LogP contribution in [-0.2, 0) is 16.1 Å². The number of halogens is 1.